The van der Waals surface area contributed by atoms with Gasteiger partial charge in [-0.2, -0.15) is 5.10 Å². The lowest BCUT2D eigenvalue weighted by Gasteiger charge is -2.38. The maximum absolute atomic E-state index is 12.3. The molecule has 0 unspecified atom stereocenters. The number of nitrogens with one attached hydrogen (secondary N) is 1. The number of esters is 1. The number of aromatic amines is 1. The number of anilines is 1. The van der Waals surface area contributed by atoms with Crippen molar-refractivity contribution in [2.24, 2.45) is 0 Å². The Morgan fingerprint density at radius 1 is 1.00 bits per heavy atom. The minimum absolute atomic E-state index is 0.204. The highest BCUT2D eigenvalue weighted by Crippen LogP contribution is 2.44. The molecule has 0 amide bonds. The van der Waals surface area contributed by atoms with Gasteiger partial charge in [0.25, 0.3) is 0 Å². The first-order chi connectivity index (χ1) is 14.7. The molecule has 2 aliphatic rings. The average Bonchev–Trinajstić information content (AvgIpc) is 3.39. The molecule has 6 rings (SSSR count). The number of aromatic nitrogens is 3. The van der Waals surface area contributed by atoms with Crippen molar-refractivity contribution in [3.63, 3.8) is 0 Å². The molecule has 30 heavy (non-hydrogen) atoms. The molecule has 4 heterocycles. The van der Waals surface area contributed by atoms with Crippen molar-refractivity contribution >= 4 is 22.7 Å². The molecule has 1 spiro atoms. The summed E-state index contributed by atoms with van der Waals surface area (Å²) in [7, 11) is 0. The number of para-hydroxylation sites is 1. The van der Waals surface area contributed by atoms with E-state index >= 15 is 0 Å². The average molecular weight is 396 g/mol. The summed E-state index contributed by atoms with van der Waals surface area (Å²) in [6.45, 7) is 1.56. The largest absolute Gasteiger partial charge is 0.450 e. The Morgan fingerprint density at radius 2 is 1.80 bits per heavy atom. The Morgan fingerprint density at radius 3 is 2.70 bits per heavy atom. The Kier molecular flexibility index (Phi) is 3.68. The Balaban J connectivity index is 1.23. The molecule has 0 atom stereocenters. The standard InChI is InChI=1S/C24H20N4O2/c29-23-18-6-2-3-7-19(18)24(30-23)9-11-28(12-10-24)22-14-21(26-27-22)17-13-16-5-1-4-8-20(16)25-15-17/h1-8,13-15H,9-12H2,(H,26,27). The third-order valence-corrected chi connectivity index (χ3v) is 6.29. The number of piperidine rings is 1. The highest BCUT2D eigenvalue weighted by atomic mass is 16.6. The van der Waals surface area contributed by atoms with Gasteiger partial charge in [0.05, 0.1) is 16.8 Å². The molecule has 1 N–H and O–H groups in total. The predicted molar refractivity (Wildman–Crippen MR) is 114 cm³/mol. The Bertz CT molecular complexity index is 1270. The summed E-state index contributed by atoms with van der Waals surface area (Å²) < 4.78 is 5.86. The number of carbonyl (C=O) groups excluding carboxylic acids is 1. The van der Waals surface area contributed by atoms with E-state index in [1.807, 2.05) is 48.7 Å². The molecule has 4 aromatic rings. The minimum atomic E-state index is -0.494. The Hall–Kier alpha value is -3.67. The number of nitrogens with zero attached hydrogens (tertiary/aromatic N) is 3. The molecule has 2 aliphatic heterocycles. The Labute approximate surface area is 173 Å². The highest BCUT2D eigenvalue weighted by molar-refractivity contribution is 5.94. The molecule has 0 saturated carbocycles. The molecule has 2 aromatic heterocycles. The van der Waals surface area contributed by atoms with Crippen LogP contribution in [0.5, 0.6) is 0 Å². The van der Waals surface area contributed by atoms with E-state index in [1.54, 1.807) is 0 Å². The van der Waals surface area contributed by atoms with Crippen LogP contribution in [0.1, 0.15) is 28.8 Å². The second-order valence-corrected chi connectivity index (χ2v) is 7.97. The zero-order valence-corrected chi connectivity index (χ0v) is 16.3. The lowest BCUT2D eigenvalue weighted by atomic mass is 9.84. The van der Waals surface area contributed by atoms with Gasteiger partial charge in [0, 0.05) is 54.7 Å². The summed E-state index contributed by atoms with van der Waals surface area (Å²) in [5, 5.41) is 8.79. The fraction of sp³-hybridized carbons (Fsp3) is 0.208. The second kappa shape index (κ2) is 6.42. The SMILES string of the molecule is O=C1OC2(CCN(c3cc(-c4cnc5ccccc5c4)[nH]n3)CC2)c2ccccc21. The van der Waals surface area contributed by atoms with E-state index in [0.29, 0.717) is 5.56 Å². The van der Waals surface area contributed by atoms with E-state index < -0.39 is 5.60 Å². The van der Waals surface area contributed by atoms with Crippen LogP contribution in [0, 0.1) is 0 Å². The monoisotopic (exact) mass is 396 g/mol. The second-order valence-electron chi connectivity index (χ2n) is 7.97. The van der Waals surface area contributed by atoms with E-state index in [0.717, 1.165) is 59.5 Å². The van der Waals surface area contributed by atoms with E-state index in [2.05, 4.69) is 38.3 Å². The third kappa shape index (κ3) is 2.60. The van der Waals surface area contributed by atoms with Gasteiger partial charge in [0.2, 0.25) is 0 Å². The number of H-pyrrole nitrogens is 1. The maximum atomic E-state index is 12.3. The minimum Gasteiger partial charge on any atom is -0.450 e. The smallest absolute Gasteiger partial charge is 0.339 e. The van der Waals surface area contributed by atoms with Gasteiger partial charge >= 0.3 is 5.97 Å². The van der Waals surface area contributed by atoms with Gasteiger partial charge in [-0.1, -0.05) is 36.4 Å². The highest BCUT2D eigenvalue weighted by Gasteiger charge is 2.47. The molecule has 6 heteroatoms. The van der Waals surface area contributed by atoms with Crippen molar-refractivity contribution in [3.05, 3.63) is 78.0 Å². The maximum Gasteiger partial charge on any atom is 0.339 e. The van der Waals surface area contributed by atoms with Crippen LogP contribution in [0.25, 0.3) is 22.2 Å². The molecule has 1 fully saturated rings. The third-order valence-electron chi connectivity index (χ3n) is 6.29. The van der Waals surface area contributed by atoms with Crippen molar-refractivity contribution < 1.29 is 9.53 Å². The molecule has 148 valence electrons. The quantitative estimate of drug-likeness (QED) is 0.512. The fourth-order valence-corrected chi connectivity index (χ4v) is 4.65. The lowest BCUT2D eigenvalue weighted by Crippen LogP contribution is -2.43. The molecule has 2 aromatic carbocycles. The summed E-state index contributed by atoms with van der Waals surface area (Å²) in [6, 6.07) is 20.0. The number of hydrogen-bond donors (Lipinski definition) is 1. The number of carbonyl (C=O) groups is 1. The summed E-state index contributed by atoms with van der Waals surface area (Å²) in [5.74, 6) is 0.704. The van der Waals surface area contributed by atoms with E-state index in [4.69, 9.17) is 4.74 Å². The van der Waals surface area contributed by atoms with Gasteiger partial charge in [-0.15, -0.1) is 0 Å². The zero-order valence-electron chi connectivity index (χ0n) is 16.3. The van der Waals surface area contributed by atoms with Crippen LogP contribution >= 0.6 is 0 Å². The number of fused-ring (bicyclic) bond motifs is 3. The number of ether oxygens (including phenoxy) is 1. The van der Waals surface area contributed by atoms with Crippen molar-refractivity contribution in [3.8, 4) is 11.3 Å². The van der Waals surface area contributed by atoms with Gasteiger partial charge in [0.1, 0.15) is 5.60 Å². The van der Waals surface area contributed by atoms with Gasteiger partial charge in [0.15, 0.2) is 5.82 Å². The fourth-order valence-electron chi connectivity index (χ4n) is 4.65. The first-order valence-electron chi connectivity index (χ1n) is 10.2. The predicted octanol–water partition coefficient (Wildman–Crippen LogP) is 4.29. The summed E-state index contributed by atoms with van der Waals surface area (Å²) in [6.07, 6.45) is 3.39. The van der Waals surface area contributed by atoms with Crippen LogP contribution in [0.15, 0.2) is 66.9 Å². The first kappa shape index (κ1) is 17.2. The number of pyridine rings is 1. The van der Waals surface area contributed by atoms with E-state index in [1.165, 1.54) is 0 Å². The van der Waals surface area contributed by atoms with Crippen LogP contribution in [0.3, 0.4) is 0 Å². The van der Waals surface area contributed by atoms with Crippen LogP contribution in [0.2, 0.25) is 0 Å². The summed E-state index contributed by atoms with van der Waals surface area (Å²) in [5.41, 5.74) is 4.18. The summed E-state index contributed by atoms with van der Waals surface area (Å²) >= 11 is 0. The zero-order chi connectivity index (χ0) is 20.1. The van der Waals surface area contributed by atoms with Crippen LogP contribution in [0.4, 0.5) is 5.82 Å². The van der Waals surface area contributed by atoms with Crippen LogP contribution in [-0.4, -0.2) is 34.2 Å². The van der Waals surface area contributed by atoms with Gasteiger partial charge < -0.3 is 9.64 Å². The molecule has 0 radical (unpaired) electrons. The normalized spacial score (nSPS) is 17.3. The van der Waals surface area contributed by atoms with Crippen LogP contribution < -0.4 is 4.90 Å². The number of rotatable bonds is 2. The molecular weight excluding hydrogens is 376 g/mol. The van der Waals surface area contributed by atoms with Crippen molar-refractivity contribution in [1.82, 2.24) is 15.2 Å². The molecule has 6 nitrogen and oxygen atoms in total. The van der Waals surface area contributed by atoms with E-state index in [9.17, 15) is 4.79 Å². The van der Waals surface area contributed by atoms with Crippen molar-refractivity contribution in [2.45, 2.75) is 18.4 Å². The first-order valence-corrected chi connectivity index (χ1v) is 10.2. The molecular formula is C24H20N4O2. The topological polar surface area (TPSA) is 71.1 Å². The molecule has 1 saturated heterocycles. The van der Waals surface area contributed by atoms with Gasteiger partial charge in [-0.3, -0.25) is 10.1 Å². The molecule has 0 bridgehead atoms. The summed E-state index contributed by atoms with van der Waals surface area (Å²) in [4.78, 5) is 19.1. The number of benzene rings is 2. The lowest BCUT2D eigenvalue weighted by molar-refractivity contribution is -0.0211. The van der Waals surface area contributed by atoms with Crippen molar-refractivity contribution in [2.75, 3.05) is 18.0 Å². The van der Waals surface area contributed by atoms with Crippen LogP contribution in [-0.2, 0) is 10.3 Å². The van der Waals surface area contributed by atoms with Gasteiger partial charge in [-0.25, -0.2) is 4.79 Å². The van der Waals surface area contributed by atoms with Gasteiger partial charge in [-0.05, 0) is 18.2 Å². The van der Waals surface area contributed by atoms with E-state index in [-0.39, 0.29) is 5.97 Å². The molecule has 0 aliphatic carbocycles. The number of hydrogen-bond acceptors (Lipinski definition) is 5. The van der Waals surface area contributed by atoms with Crippen molar-refractivity contribution in [1.29, 1.82) is 0 Å².